The van der Waals surface area contributed by atoms with E-state index in [1.807, 2.05) is 11.9 Å². The lowest BCUT2D eigenvalue weighted by Crippen LogP contribution is -2.45. The van der Waals surface area contributed by atoms with Crippen molar-refractivity contribution in [1.82, 2.24) is 15.5 Å². The van der Waals surface area contributed by atoms with E-state index in [1.54, 1.807) is 0 Å². The standard InChI is InChI=1S/C14H19F2N3O2/c1-19-6-4-12(18-14(21)17-5-7-20)13(19)9-2-3-10(15)11(16)8-9/h2-3,8,12-13,20H,4-7H2,1H3,(H2,17,18,21). The monoisotopic (exact) mass is 299 g/mol. The summed E-state index contributed by atoms with van der Waals surface area (Å²) in [5.74, 6) is -1.78. The van der Waals surface area contributed by atoms with Gasteiger partial charge in [-0.3, -0.25) is 4.90 Å². The summed E-state index contributed by atoms with van der Waals surface area (Å²) in [5, 5.41) is 14.0. The Balaban J connectivity index is 2.11. The second kappa shape index (κ2) is 6.82. The largest absolute Gasteiger partial charge is 0.395 e. The summed E-state index contributed by atoms with van der Waals surface area (Å²) >= 11 is 0. The predicted molar refractivity (Wildman–Crippen MR) is 73.8 cm³/mol. The maximum Gasteiger partial charge on any atom is 0.315 e. The Kier molecular flexibility index (Phi) is 5.08. The van der Waals surface area contributed by atoms with Crippen LogP contribution in [0.15, 0.2) is 18.2 Å². The summed E-state index contributed by atoms with van der Waals surface area (Å²) < 4.78 is 26.4. The van der Waals surface area contributed by atoms with Gasteiger partial charge in [0.1, 0.15) is 0 Å². The molecule has 1 aliphatic heterocycles. The number of urea groups is 1. The average molecular weight is 299 g/mol. The van der Waals surface area contributed by atoms with E-state index >= 15 is 0 Å². The Hall–Kier alpha value is -1.73. The smallest absolute Gasteiger partial charge is 0.315 e. The molecule has 2 amide bonds. The predicted octanol–water partition coefficient (Wildman–Crippen LogP) is 1.00. The first kappa shape index (κ1) is 15.7. The first-order valence-electron chi connectivity index (χ1n) is 6.83. The third kappa shape index (κ3) is 3.68. The third-order valence-corrected chi connectivity index (χ3v) is 3.65. The van der Waals surface area contributed by atoms with Crippen molar-refractivity contribution in [2.24, 2.45) is 0 Å². The zero-order chi connectivity index (χ0) is 15.4. The Morgan fingerprint density at radius 1 is 1.43 bits per heavy atom. The molecule has 2 atom stereocenters. The second-order valence-corrected chi connectivity index (χ2v) is 5.12. The maximum atomic E-state index is 13.4. The van der Waals surface area contributed by atoms with Crippen molar-refractivity contribution in [1.29, 1.82) is 0 Å². The number of carbonyl (C=O) groups is 1. The van der Waals surface area contributed by atoms with Crippen LogP contribution in [0, 0.1) is 11.6 Å². The molecule has 0 spiro atoms. The third-order valence-electron chi connectivity index (χ3n) is 3.65. The van der Waals surface area contributed by atoms with Crippen LogP contribution in [-0.4, -0.2) is 48.8 Å². The van der Waals surface area contributed by atoms with Gasteiger partial charge in [0.2, 0.25) is 0 Å². The van der Waals surface area contributed by atoms with Crippen LogP contribution in [0.5, 0.6) is 0 Å². The molecule has 1 aliphatic rings. The molecule has 1 saturated heterocycles. The van der Waals surface area contributed by atoms with E-state index < -0.39 is 11.6 Å². The molecular weight excluding hydrogens is 280 g/mol. The summed E-state index contributed by atoms with van der Waals surface area (Å²) in [6.45, 7) is 0.781. The van der Waals surface area contributed by atoms with Crippen LogP contribution in [0.3, 0.4) is 0 Å². The Labute approximate surface area is 121 Å². The molecule has 7 heteroatoms. The fourth-order valence-electron chi connectivity index (χ4n) is 2.67. The molecule has 5 nitrogen and oxygen atoms in total. The Bertz CT molecular complexity index is 513. The normalized spacial score (nSPS) is 22.3. The number of halogens is 2. The summed E-state index contributed by atoms with van der Waals surface area (Å²) in [7, 11) is 1.87. The SMILES string of the molecule is CN1CCC(NC(=O)NCCO)C1c1ccc(F)c(F)c1. The summed E-state index contributed by atoms with van der Waals surface area (Å²) in [6, 6.07) is 3.02. The fourth-order valence-corrected chi connectivity index (χ4v) is 2.67. The average Bonchev–Trinajstić information content (AvgIpc) is 2.80. The first-order valence-corrected chi connectivity index (χ1v) is 6.83. The highest BCUT2D eigenvalue weighted by Gasteiger charge is 2.34. The van der Waals surface area contributed by atoms with E-state index in [9.17, 15) is 13.6 Å². The summed E-state index contributed by atoms with van der Waals surface area (Å²) in [4.78, 5) is 13.7. The van der Waals surface area contributed by atoms with Crippen LogP contribution in [0.2, 0.25) is 0 Å². The lowest BCUT2D eigenvalue weighted by atomic mass is 10.00. The lowest BCUT2D eigenvalue weighted by molar-refractivity contribution is 0.224. The quantitative estimate of drug-likeness (QED) is 0.777. The lowest BCUT2D eigenvalue weighted by Gasteiger charge is -2.26. The van der Waals surface area contributed by atoms with Gasteiger partial charge in [-0.15, -0.1) is 0 Å². The van der Waals surface area contributed by atoms with Crippen LogP contribution in [0.1, 0.15) is 18.0 Å². The number of likely N-dealkylation sites (tertiary alicyclic amines) is 1. The van der Waals surface area contributed by atoms with Gasteiger partial charge in [-0.2, -0.15) is 0 Å². The molecule has 21 heavy (non-hydrogen) atoms. The number of likely N-dealkylation sites (N-methyl/N-ethyl adjacent to an activating group) is 1. The molecule has 2 unspecified atom stereocenters. The number of aliphatic hydroxyl groups excluding tert-OH is 1. The molecule has 1 aromatic rings. The van der Waals surface area contributed by atoms with Crippen molar-refractivity contribution >= 4 is 6.03 Å². The van der Waals surface area contributed by atoms with Crippen LogP contribution in [0.25, 0.3) is 0 Å². The molecule has 1 fully saturated rings. The van der Waals surface area contributed by atoms with Gasteiger partial charge in [-0.05, 0) is 31.2 Å². The number of nitrogens with zero attached hydrogens (tertiary/aromatic N) is 1. The molecule has 0 aliphatic carbocycles. The fraction of sp³-hybridized carbons (Fsp3) is 0.500. The Morgan fingerprint density at radius 3 is 2.86 bits per heavy atom. The van der Waals surface area contributed by atoms with Crippen molar-refractivity contribution in [3.8, 4) is 0 Å². The topological polar surface area (TPSA) is 64.6 Å². The number of hydrogen-bond acceptors (Lipinski definition) is 3. The van der Waals surface area contributed by atoms with E-state index in [0.29, 0.717) is 12.0 Å². The molecule has 1 aromatic carbocycles. The van der Waals surface area contributed by atoms with Crippen molar-refractivity contribution < 1.29 is 18.7 Å². The van der Waals surface area contributed by atoms with Crippen LogP contribution in [-0.2, 0) is 0 Å². The van der Waals surface area contributed by atoms with Crippen LogP contribution in [0.4, 0.5) is 13.6 Å². The highest BCUT2D eigenvalue weighted by molar-refractivity contribution is 5.74. The molecule has 0 bridgehead atoms. The van der Waals surface area contributed by atoms with Crippen molar-refractivity contribution in [2.45, 2.75) is 18.5 Å². The second-order valence-electron chi connectivity index (χ2n) is 5.12. The minimum absolute atomic E-state index is 0.134. The van der Waals surface area contributed by atoms with E-state index in [2.05, 4.69) is 10.6 Å². The highest BCUT2D eigenvalue weighted by atomic mass is 19.2. The first-order chi connectivity index (χ1) is 10.0. The number of benzene rings is 1. The summed E-state index contributed by atoms with van der Waals surface area (Å²) in [6.07, 6.45) is 0.715. The molecule has 3 N–H and O–H groups in total. The molecule has 0 aromatic heterocycles. The molecule has 0 radical (unpaired) electrons. The maximum absolute atomic E-state index is 13.4. The molecular formula is C14H19F2N3O2. The van der Waals surface area contributed by atoms with Gasteiger partial charge in [-0.25, -0.2) is 13.6 Å². The van der Waals surface area contributed by atoms with Gasteiger partial charge in [0, 0.05) is 13.1 Å². The molecule has 2 rings (SSSR count). The van der Waals surface area contributed by atoms with Crippen molar-refractivity contribution in [2.75, 3.05) is 26.7 Å². The zero-order valence-electron chi connectivity index (χ0n) is 11.8. The minimum Gasteiger partial charge on any atom is -0.395 e. The number of hydrogen-bond donors (Lipinski definition) is 3. The van der Waals surface area contributed by atoms with Crippen molar-refractivity contribution in [3.63, 3.8) is 0 Å². The van der Waals surface area contributed by atoms with Gasteiger partial charge in [-0.1, -0.05) is 6.07 Å². The van der Waals surface area contributed by atoms with E-state index in [1.165, 1.54) is 12.1 Å². The number of carbonyl (C=O) groups excluding carboxylic acids is 1. The van der Waals surface area contributed by atoms with E-state index in [4.69, 9.17) is 5.11 Å². The minimum atomic E-state index is -0.892. The van der Waals surface area contributed by atoms with E-state index in [-0.39, 0.29) is 31.3 Å². The highest BCUT2D eigenvalue weighted by Crippen LogP contribution is 2.31. The van der Waals surface area contributed by atoms with Gasteiger partial charge < -0.3 is 15.7 Å². The van der Waals surface area contributed by atoms with Gasteiger partial charge >= 0.3 is 6.03 Å². The Morgan fingerprint density at radius 2 is 2.19 bits per heavy atom. The number of amides is 2. The van der Waals surface area contributed by atoms with Gasteiger partial charge in [0.15, 0.2) is 11.6 Å². The molecule has 0 saturated carbocycles. The van der Waals surface area contributed by atoms with Crippen LogP contribution < -0.4 is 10.6 Å². The van der Waals surface area contributed by atoms with Crippen molar-refractivity contribution in [3.05, 3.63) is 35.4 Å². The number of rotatable bonds is 4. The number of aliphatic hydroxyl groups is 1. The molecule has 116 valence electrons. The summed E-state index contributed by atoms with van der Waals surface area (Å²) in [5.41, 5.74) is 0.626. The molecule has 1 heterocycles. The van der Waals surface area contributed by atoms with Gasteiger partial charge in [0.25, 0.3) is 0 Å². The zero-order valence-corrected chi connectivity index (χ0v) is 11.8. The van der Waals surface area contributed by atoms with Gasteiger partial charge in [0.05, 0.1) is 18.7 Å². The number of nitrogens with one attached hydrogen (secondary N) is 2. The van der Waals surface area contributed by atoms with Crippen LogP contribution >= 0.6 is 0 Å². The van der Waals surface area contributed by atoms with E-state index in [0.717, 1.165) is 12.6 Å².